The van der Waals surface area contributed by atoms with Crippen LogP contribution in [0.5, 0.6) is 5.75 Å². The molecule has 4 nitrogen and oxygen atoms in total. The third-order valence-electron chi connectivity index (χ3n) is 3.04. The molecule has 1 aliphatic heterocycles. The molecule has 1 saturated heterocycles. The number of benzene rings is 1. The predicted octanol–water partition coefficient (Wildman–Crippen LogP) is 1.94. The van der Waals surface area contributed by atoms with Gasteiger partial charge in [-0.15, -0.1) is 0 Å². The third kappa shape index (κ3) is 3.89. The molecule has 2 unspecified atom stereocenters. The molecule has 0 amide bonds. The van der Waals surface area contributed by atoms with Gasteiger partial charge in [-0.25, -0.2) is 0 Å². The average Bonchev–Trinajstić information content (AvgIpc) is 3.20. The van der Waals surface area contributed by atoms with Crippen LogP contribution >= 0.6 is 0 Å². The van der Waals surface area contributed by atoms with Crippen molar-refractivity contribution in [1.29, 1.82) is 0 Å². The first kappa shape index (κ1) is 13.2. The second-order valence-electron chi connectivity index (χ2n) is 4.69. The predicted molar refractivity (Wildman–Crippen MR) is 71.4 cm³/mol. The highest BCUT2D eigenvalue weighted by molar-refractivity contribution is 5.48. The molecule has 0 radical (unpaired) electrons. The molecule has 1 heterocycles. The first-order chi connectivity index (χ1) is 8.69. The van der Waals surface area contributed by atoms with E-state index in [2.05, 4.69) is 24.1 Å². The fraction of sp³-hybridized carbons (Fsp3) is 0.571. The van der Waals surface area contributed by atoms with Gasteiger partial charge in [0.05, 0.1) is 18.8 Å². The molecule has 2 atom stereocenters. The van der Waals surface area contributed by atoms with Gasteiger partial charge in [0.2, 0.25) is 0 Å². The van der Waals surface area contributed by atoms with Crippen molar-refractivity contribution in [3.63, 3.8) is 0 Å². The molecule has 0 aromatic heterocycles. The number of ether oxygens (including phenoxy) is 3. The molecule has 4 heteroatoms. The van der Waals surface area contributed by atoms with E-state index in [9.17, 15) is 0 Å². The van der Waals surface area contributed by atoms with Gasteiger partial charge in [-0.3, -0.25) is 0 Å². The van der Waals surface area contributed by atoms with Crippen LogP contribution in [0.1, 0.15) is 6.92 Å². The smallest absolute Gasteiger partial charge is 0.119 e. The Morgan fingerprint density at radius 1 is 1.39 bits per heavy atom. The molecule has 0 aliphatic carbocycles. The average molecular weight is 251 g/mol. The largest absolute Gasteiger partial charge is 0.491 e. The van der Waals surface area contributed by atoms with Crippen LogP contribution in [0, 0.1) is 0 Å². The molecular formula is C14H21NO3. The zero-order valence-electron chi connectivity index (χ0n) is 11.3. The van der Waals surface area contributed by atoms with Crippen LogP contribution < -0.4 is 9.64 Å². The van der Waals surface area contributed by atoms with Crippen LogP contribution in [0.25, 0.3) is 0 Å². The van der Waals surface area contributed by atoms with Gasteiger partial charge in [0.1, 0.15) is 12.4 Å². The minimum atomic E-state index is 0.111. The Morgan fingerprint density at radius 3 is 2.61 bits per heavy atom. The minimum absolute atomic E-state index is 0.111. The van der Waals surface area contributed by atoms with Crippen LogP contribution in [0.4, 0.5) is 5.69 Å². The Balaban J connectivity index is 1.84. The Kier molecular flexibility index (Phi) is 4.44. The summed E-state index contributed by atoms with van der Waals surface area (Å²) in [5, 5.41) is 0. The summed E-state index contributed by atoms with van der Waals surface area (Å²) in [7, 11) is 3.76. The van der Waals surface area contributed by atoms with Crippen LogP contribution in [-0.2, 0) is 9.47 Å². The number of methoxy groups -OCH3 is 1. The Labute approximate surface area is 108 Å². The number of hydrogen-bond acceptors (Lipinski definition) is 4. The van der Waals surface area contributed by atoms with Crippen LogP contribution in [0.3, 0.4) is 0 Å². The fourth-order valence-corrected chi connectivity index (χ4v) is 1.66. The molecule has 1 aromatic rings. The molecule has 0 spiro atoms. The number of anilines is 1. The lowest BCUT2D eigenvalue weighted by molar-refractivity contribution is 0.0717. The molecule has 0 saturated carbocycles. The lowest BCUT2D eigenvalue weighted by Crippen LogP contribution is -2.22. The zero-order valence-corrected chi connectivity index (χ0v) is 11.3. The van der Waals surface area contributed by atoms with E-state index < -0.39 is 0 Å². The van der Waals surface area contributed by atoms with E-state index in [1.807, 2.05) is 19.1 Å². The SMILES string of the molecule is COC(C)COc1ccc(N(C)CC2CO2)cc1. The van der Waals surface area contributed by atoms with Gasteiger partial charge in [0.15, 0.2) is 0 Å². The van der Waals surface area contributed by atoms with Crippen molar-refractivity contribution in [1.82, 2.24) is 0 Å². The van der Waals surface area contributed by atoms with Crippen molar-refractivity contribution >= 4 is 5.69 Å². The molecule has 2 rings (SSSR count). The lowest BCUT2D eigenvalue weighted by Gasteiger charge is -2.18. The van der Waals surface area contributed by atoms with E-state index in [0.717, 1.165) is 18.9 Å². The summed E-state index contributed by atoms with van der Waals surface area (Å²) in [6.45, 7) is 4.39. The van der Waals surface area contributed by atoms with Gasteiger partial charge in [0, 0.05) is 26.4 Å². The van der Waals surface area contributed by atoms with E-state index in [-0.39, 0.29) is 6.10 Å². The maximum Gasteiger partial charge on any atom is 0.119 e. The van der Waals surface area contributed by atoms with Crippen LogP contribution in [-0.4, -0.2) is 46.1 Å². The number of likely N-dealkylation sites (N-methyl/N-ethyl adjacent to an activating group) is 1. The van der Waals surface area contributed by atoms with Gasteiger partial charge < -0.3 is 19.1 Å². The van der Waals surface area contributed by atoms with Gasteiger partial charge in [0.25, 0.3) is 0 Å². The van der Waals surface area contributed by atoms with Gasteiger partial charge >= 0.3 is 0 Å². The summed E-state index contributed by atoms with van der Waals surface area (Å²) >= 11 is 0. The highest BCUT2D eigenvalue weighted by atomic mass is 16.6. The molecule has 1 fully saturated rings. The monoisotopic (exact) mass is 251 g/mol. The lowest BCUT2D eigenvalue weighted by atomic mass is 10.2. The first-order valence-electron chi connectivity index (χ1n) is 6.27. The zero-order chi connectivity index (χ0) is 13.0. The van der Waals surface area contributed by atoms with E-state index >= 15 is 0 Å². The summed E-state index contributed by atoms with van der Waals surface area (Å²) in [6.07, 6.45) is 0.521. The van der Waals surface area contributed by atoms with Gasteiger partial charge in [-0.05, 0) is 31.2 Å². The van der Waals surface area contributed by atoms with Crippen molar-refractivity contribution in [2.24, 2.45) is 0 Å². The molecule has 1 aliphatic rings. The summed E-state index contributed by atoms with van der Waals surface area (Å²) in [6, 6.07) is 8.11. The highest BCUT2D eigenvalue weighted by Gasteiger charge is 2.24. The van der Waals surface area contributed by atoms with Crippen molar-refractivity contribution < 1.29 is 14.2 Å². The van der Waals surface area contributed by atoms with E-state index in [0.29, 0.717) is 12.7 Å². The Hall–Kier alpha value is -1.26. The van der Waals surface area contributed by atoms with Crippen molar-refractivity contribution in [3.8, 4) is 5.75 Å². The quantitative estimate of drug-likeness (QED) is 0.694. The van der Waals surface area contributed by atoms with E-state index in [1.165, 1.54) is 5.69 Å². The summed E-state index contributed by atoms with van der Waals surface area (Å²) in [5.41, 5.74) is 1.18. The van der Waals surface area contributed by atoms with Crippen molar-refractivity contribution in [2.45, 2.75) is 19.1 Å². The molecular weight excluding hydrogens is 230 g/mol. The second-order valence-corrected chi connectivity index (χ2v) is 4.69. The maximum atomic E-state index is 5.62. The van der Waals surface area contributed by atoms with E-state index in [1.54, 1.807) is 7.11 Å². The standard InChI is InChI=1S/C14H21NO3/c1-11(16-3)9-17-13-6-4-12(5-7-13)15(2)8-14-10-18-14/h4-7,11,14H,8-10H2,1-3H3. The maximum absolute atomic E-state index is 5.62. The molecule has 1 aromatic carbocycles. The Bertz CT molecular complexity index is 362. The number of nitrogens with zero attached hydrogens (tertiary/aromatic N) is 1. The Morgan fingerprint density at radius 2 is 2.06 bits per heavy atom. The third-order valence-corrected chi connectivity index (χ3v) is 3.04. The number of epoxide rings is 1. The minimum Gasteiger partial charge on any atom is -0.491 e. The first-order valence-corrected chi connectivity index (χ1v) is 6.27. The number of hydrogen-bond donors (Lipinski definition) is 0. The highest BCUT2D eigenvalue weighted by Crippen LogP contribution is 2.21. The topological polar surface area (TPSA) is 34.2 Å². The molecule has 0 bridgehead atoms. The summed E-state index contributed by atoms with van der Waals surface area (Å²) in [5.74, 6) is 0.874. The van der Waals surface area contributed by atoms with E-state index in [4.69, 9.17) is 14.2 Å². The summed E-state index contributed by atoms with van der Waals surface area (Å²) < 4.78 is 16.0. The molecule has 0 N–H and O–H groups in total. The van der Waals surface area contributed by atoms with Gasteiger partial charge in [-0.2, -0.15) is 0 Å². The summed E-state index contributed by atoms with van der Waals surface area (Å²) in [4.78, 5) is 2.19. The van der Waals surface area contributed by atoms with Crippen LogP contribution in [0.15, 0.2) is 24.3 Å². The van der Waals surface area contributed by atoms with Crippen molar-refractivity contribution in [2.75, 3.05) is 38.8 Å². The molecule has 18 heavy (non-hydrogen) atoms. The number of rotatable bonds is 7. The normalized spacial score (nSPS) is 19.4. The van der Waals surface area contributed by atoms with Crippen LogP contribution in [0.2, 0.25) is 0 Å². The van der Waals surface area contributed by atoms with Gasteiger partial charge in [-0.1, -0.05) is 0 Å². The fourth-order valence-electron chi connectivity index (χ4n) is 1.66. The second kappa shape index (κ2) is 6.07. The van der Waals surface area contributed by atoms with Crippen molar-refractivity contribution in [3.05, 3.63) is 24.3 Å². The molecule has 100 valence electrons.